The van der Waals surface area contributed by atoms with Gasteiger partial charge in [-0.1, -0.05) is 12.8 Å². The summed E-state index contributed by atoms with van der Waals surface area (Å²) in [5, 5.41) is 8.68. The van der Waals surface area contributed by atoms with Crippen LogP contribution in [0.25, 0.3) is 0 Å². The molecule has 0 radical (unpaired) electrons. The predicted octanol–water partition coefficient (Wildman–Crippen LogP) is 0.991. The van der Waals surface area contributed by atoms with E-state index in [1.807, 2.05) is 0 Å². The summed E-state index contributed by atoms with van der Waals surface area (Å²) in [7, 11) is 1.52. The summed E-state index contributed by atoms with van der Waals surface area (Å²) in [5.74, 6) is 0.608. The Bertz CT molecular complexity index is 192. The van der Waals surface area contributed by atoms with Crippen molar-refractivity contribution in [2.24, 2.45) is 11.8 Å². The average molecular weight is 170 g/mol. The maximum absolute atomic E-state index is 10.6. The maximum atomic E-state index is 10.6. The summed E-state index contributed by atoms with van der Waals surface area (Å²) in [6.45, 7) is 3.35. The van der Waals surface area contributed by atoms with Crippen LogP contribution in [-0.4, -0.2) is 24.3 Å². The Labute approximate surface area is 72.7 Å². The lowest BCUT2D eigenvalue weighted by molar-refractivity contribution is -0.143. The van der Waals surface area contributed by atoms with Gasteiger partial charge in [0.2, 0.25) is 0 Å². The van der Waals surface area contributed by atoms with Gasteiger partial charge >= 0.3 is 5.97 Å². The molecule has 0 saturated carbocycles. The quantitative estimate of drug-likeness (QED) is 0.640. The fourth-order valence-electron chi connectivity index (χ4n) is 0.987. The number of aliphatic carboxylic acids is 1. The van der Waals surface area contributed by atoms with Crippen LogP contribution in [0.5, 0.6) is 0 Å². The Morgan fingerprint density at radius 2 is 2.08 bits per heavy atom. The normalized spacial score (nSPS) is 17.5. The van der Waals surface area contributed by atoms with Crippen molar-refractivity contribution in [3.05, 3.63) is 0 Å². The molecular weight excluding hydrogens is 156 g/mol. The first-order valence-electron chi connectivity index (χ1n) is 3.76. The smallest absolute Gasteiger partial charge is 0.307 e. The van der Waals surface area contributed by atoms with Gasteiger partial charge in [-0.05, 0) is 6.92 Å². The van der Waals surface area contributed by atoms with E-state index in [2.05, 4.69) is 5.92 Å². The minimum atomic E-state index is -0.887. The first-order valence-corrected chi connectivity index (χ1v) is 3.76. The van der Waals surface area contributed by atoms with Gasteiger partial charge in [-0.15, -0.1) is 6.42 Å². The molecule has 12 heavy (non-hydrogen) atoms. The van der Waals surface area contributed by atoms with E-state index < -0.39 is 11.9 Å². The Morgan fingerprint density at radius 1 is 1.58 bits per heavy atom. The van der Waals surface area contributed by atoms with E-state index in [4.69, 9.17) is 16.3 Å². The van der Waals surface area contributed by atoms with Crippen LogP contribution in [0.2, 0.25) is 0 Å². The Hall–Kier alpha value is -1.01. The molecule has 0 heterocycles. The molecule has 0 fully saturated rings. The molecule has 0 aliphatic carbocycles. The van der Waals surface area contributed by atoms with Gasteiger partial charge in [0, 0.05) is 7.11 Å². The minimum absolute atomic E-state index is 0.221. The number of carbonyl (C=O) groups is 1. The number of hydrogen-bond acceptors (Lipinski definition) is 2. The highest BCUT2D eigenvalue weighted by Gasteiger charge is 2.26. The van der Waals surface area contributed by atoms with Gasteiger partial charge in [-0.2, -0.15) is 0 Å². The van der Waals surface area contributed by atoms with Gasteiger partial charge < -0.3 is 9.84 Å². The summed E-state index contributed by atoms with van der Waals surface area (Å²) < 4.78 is 4.97. The van der Waals surface area contributed by atoms with E-state index >= 15 is 0 Å². The standard InChI is InChI=1S/C9H14O3/c1-5-8(7(3)12-4)6(2)9(10)11/h1,6-8H,2-4H3,(H,10,11)/t6-,7+,8+/m1/s1. The summed E-state index contributed by atoms with van der Waals surface area (Å²) in [5.41, 5.74) is 0. The lowest BCUT2D eigenvalue weighted by Gasteiger charge is -2.20. The Kier molecular flexibility index (Phi) is 4.38. The molecule has 0 aliphatic heterocycles. The molecule has 0 bridgehead atoms. The first-order chi connectivity index (χ1) is 5.54. The van der Waals surface area contributed by atoms with Crippen LogP contribution in [0.4, 0.5) is 0 Å². The fraction of sp³-hybridized carbons (Fsp3) is 0.667. The minimum Gasteiger partial charge on any atom is -0.481 e. The SMILES string of the molecule is C#C[C@H]([C@H](C)OC)[C@@H](C)C(=O)O. The number of terminal acetylenes is 1. The number of rotatable bonds is 4. The molecule has 0 rings (SSSR count). The second-order valence-electron chi connectivity index (χ2n) is 2.76. The van der Waals surface area contributed by atoms with Crippen molar-refractivity contribution in [3.63, 3.8) is 0 Å². The highest BCUT2D eigenvalue weighted by atomic mass is 16.5. The molecule has 0 aliphatic rings. The van der Waals surface area contributed by atoms with Crippen LogP contribution in [0.1, 0.15) is 13.8 Å². The summed E-state index contributed by atoms with van der Waals surface area (Å²) in [6, 6.07) is 0. The van der Waals surface area contributed by atoms with Gasteiger partial charge in [0.05, 0.1) is 17.9 Å². The second kappa shape index (κ2) is 4.78. The number of carboxylic acids is 1. The van der Waals surface area contributed by atoms with E-state index in [9.17, 15) is 4.79 Å². The van der Waals surface area contributed by atoms with Crippen LogP contribution >= 0.6 is 0 Å². The summed E-state index contributed by atoms with van der Waals surface area (Å²) in [4.78, 5) is 10.6. The molecule has 0 unspecified atom stereocenters. The van der Waals surface area contributed by atoms with E-state index in [0.717, 1.165) is 0 Å². The monoisotopic (exact) mass is 170 g/mol. The molecule has 0 saturated heterocycles. The molecule has 0 amide bonds. The zero-order valence-corrected chi connectivity index (χ0v) is 7.57. The molecule has 0 aromatic rings. The summed E-state index contributed by atoms with van der Waals surface area (Å²) >= 11 is 0. The highest BCUT2D eigenvalue weighted by molar-refractivity contribution is 5.70. The van der Waals surface area contributed by atoms with E-state index in [1.54, 1.807) is 13.8 Å². The molecule has 68 valence electrons. The highest BCUT2D eigenvalue weighted by Crippen LogP contribution is 2.17. The first kappa shape index (κ1) is 11.0. The van der Waals surface area contributed by atoms with Gasteiger partial charge in [0.15, 0.2) is 0 Å². The second-order valence-corrected chi connectivity index (χ2v) is 2.76. The molecule has 3 nitrogen and oxygen atoms in total. The summed E-state index contributed by atoms with van der Waals surface area (Å²) in [6.07, 6.45) is 4.97. The molecule has 3 atom stereocenters. The molecule has 0 aromatic heterocycles. The van der Waals surface area contributed by atoms with Crippen LogP contribution in [0.3, 0.4) is 0 Å². The van der Waals surface area contributed by atoms with E-state index in [-0.39, 0.29) is 12.0 Å². The third-order valence-corrected chi connectivity index (χ3v) is 2.00. The molecule has 0 aromatic carbocycles. The predicted molar refractivity (Wildman–Crippen MR) is 45.6 cm³/mol. The third kappa shape index (κ3) is 2.55. The topological polar surface area (TPSA) is 46.5 Å². The fourth-order valence-corrected chi connectivity index (χ4v) is 0.987. The van der Waals surface area contributed by atoms with Crippen molar-refractivity contribution in [1.82, 2.24) is 0 Å². The van der Waals surface area contributed by atoms with E-state index in [0.29, 0.717) is 0 Å². The van der Waals surface area contributed by atoms with Gasteiger partial charge in [0.1, 0.15) is 0 Å². The van der Waals surface area contributed by atoms with Crippen molar-refractivity contribution in [2.75, 3.05) is 7.11 Å². The molecule has 0 spiro atoms. The van der Waals surface area contributed by atoms with Crippen molar-refractivity contribution < 1.29 is 14.6 Å². The van der Waals surface area contributed by atoms with Gasteiger partial charge in [0.25, 0.3) is 0 Å². The van der Waals surface area contributed by atoms with Gasteiger partial charge in [-0.25, -0.2) is 0 Å². The van der Waals surface area contributed by atoms with Crippen LogP contribution in [0, 0.1) is 24.2 Å². The lowest BCUT2D eigenvalue weighted by Crippen LogP contribution is -2.29. The number of hydrogen-bond donors (Lipinski definition) is 1. The number of ether oxygens (including phenoxy) is 1. The van der Waals surface area contributed by atoms with Crippen LogP contribution in [0.15, 0.2) is 0 Å². The number of carboxylic acid groups (broad SMARTS) is 1. The van der Waals surface area contributed by atoms with E-state index in [1.165, 1.54) is 7.11 Å². The Balaban J connectivity index is 4.36. The van der Waals surface area contributed by atoms with Crippen LogP contribution in [-0.2, 0) is 9.53 Å². The van der Waals surface area contributed by atoms with Crippen molar-refractivity contribution in [1.29, 1.82) is 0 Å². The maximum Gasteiger partial charge on any atom is 0.307 e. The Morgan fingerprint density at radius 3 is 2.33 bits per heavy atom. The van der Waals surface area contributed by atoms with Crippen molar-refractivity contribution in [2.45, 2.75) is 20.0 Å². The zero-order chi connectivity index (χ0) is 9.72. The molecule has 3 heteroatoms. The van der Waals surface area contributed by atoms with Crippen LogP contribution < -0.4 is 0 Å². The zero-order valence-electron chi connectivity index (χ0n) is 7.57. The third-order valence-electron chi connectivity index (χ3n) is 2.00. The average Bonchev–Trinajstić information content (AvgIpc) is 2.05. The lowest BCUT2D eigenvalue weighted by atomic mass is 9.90. The van der Waals surface area contributed by atoms with Gasteiger partial charge in [-0.3, -0.25) is 4.79 Å². The number of methoxy groups -OCH3 is 1. The largest absolute Gasteiger partial charge is 0.481 e. The molecule has 1 N–H and O–H groups in total. The van der Waals surface area contributed by atoms with Crippen molar-refractivity contribution in [3.8, 4) is 12.3 Å². The molecular formula is C9H14O3. The van der Waals surface area contributed by atoms with Crippen molar-refractivity contribution >= 4 is 5.97 Å².